The van der Waals surface area contributed by atoms with Gasteiger partial charge in [-0.15, -0.1) is 0 Å². The molecule has 1 aromatic heterocycles. The molecule has 8 nitrogen and oxygen atoms in total. The predicted octanol–water partition coefficient (Wildman–Crippen LogP) is 2.08. The normalized spacial score (nSPS) is 23.7. The van der Waals surface area contributed by atoms with Crippen molar-refractivity contribution in [2.45, 2.75) is 49.6 Å². The monoisotopic (exact) mass is 470 g/mol. The van der Waals surface area contributed by atoms with Crippen LogP contribution >= 0.6 is 0 Å². The number of aromatic nitrogens is 1. The minimum Gasteiger partial charge on any atom is -0.343 e. The Labute approximate surface area is 194 Å². The van der Waals surface area contributed by atoms with Gasteiger partial charge in [-0.2, -0.15) is 0 Å². The lowest BCUT2D eigenvalue weighted by Gasteiger charge is -2.47. The quantitative estimate of drug-likeness (QED) is 0.739. The second-order valence-electron chi connectivity index (χ2n) is 9.49. The first-order chi connectivity index (χ1) is 15.8. The summed E-state index contributed by atoms with van der Waals surface area (Å²) in [6.07, 6.45) is 2.86. The van der Waals surface area contributed by atoms with Crippen LogP contribution in [-0.2, 0) is 21.4 Å². The van der Waals surface area contributed by atoms with Crippen LogP contribution in [0, 0.1) is 5.92 Å². The highest BCUT2D eigenvalue weighted by Crippen LogP contribution is 2.40. The number of benzene rings is 1. The first-order valence-electron chi connectivity index (χ1n) is 11.6. The Morgan fingerprint density at radius 1 is 1.00 bits per heavy atom. The molecule has 4 heterocycles. The first-order valence-corrected chi connectivity index (χ1v) is 13.1. The number of anilines is 1. The van der Waals surface area contributed by atoms with Crippen molar-refractivity contribution in [3.8, 4) is 0 Å². The number of nitrogens with zero attached hydrogens (tertiary/aromatic N) is 3. The molecule has 3 aliphatic heterocycles. The van der Waals surface area contributed by atoms with Gasteiger partial charge >= 0.3 is 0 Å². The molecule has 5 rings (SSSR count). The Balaban J connectivity index is 1.41. The van der Waals surface area contributed by atoms with E-state index < -0.39 is 10.0 Å². The van der Waals surface area contributed by atoms with Gasteiger partial charge in [-0.25, -0.2) is 8.42 Å². The van der Waals surface area contributed by atoms with Crippen LogP contribution in [0.5, 0.6) is 0 Å². The van der Waals surface area contributed by atoms with E-state index in [1.54, 1.807) is 47.9 Å². The number of hydrogen-bond acceptors (Lipinski definition) is 5. The summed E-state index contributed by atoms with van der Waals surface area (Å²) in [4.78, 5) is 29.0. The number of sulfonamides is 1. The molecule has 2 atom stereocenters. The van der Waals surface area contributed by atoms with Crippen LogP contribution in [0.25, 0.3) is 0 Å². The van der Waals surface area contributed by atoms with Crippen LogP contribution in [0.4, 0.5) is 5.69 Å². The number of hydrogen-bond donors (Lipinski definition) is 1. The second-order valence-corrected chi connectivity index (χ2v) is 11.2. The van der Waals surface area contributed by atoms with Gasteiger partial charge in [-0.1, -0.05) is 18.2 Å². The molecule has 2 bridgehead atoms. The number of pyridine rings is 1. The summed E-state index contributed by atoms with van der Waals surface area (Å²) < 4.78 is 30.5. The summed E-state index contributed by atoms with van der Waals surface area (Å²) in [5, 5.41) is 0. The molecule has 0 saturated carbocycles. The third kappa shape index (κ3) is 4.31. The number of nitrogens with one attached hydrogen (secondary N) is 1. The average Bonchev–Trinajstić information content (AvgIpc) is 2.81. The van der Waals surface area contributed by atoms with E-state index in [1.807, 2.05) is 4.90 Å². The lowest BCUT2D eigenvalue weighted by molar-refractivity contribution is -0.130. The minimum atomic E-state index is -3.75. The van der Waals surface area contributed by atoms with Gasteiger partial charge in [0.1, 0.15) is 0 Å². The Bertz CT molecular complexity index is 1200. The molecule has 33 heavy (non-hydrogen) atoms. The summed E-state index contributed by atoms with van der Waals surface area (Å²) in [5.74, 6) is 0.582. The number of fused-ring (bicyclic) bond motifs is 4. The molecule has 0 radical (unpaired) electrons. The summed E-state index contributed by atoms with van der Waals surface area (Å²) in [5.41, 5.74) is 1.21. The Hall–Kier alpha value is -2.65. The zero-order valence-corrected chi connectivity index (χ0v) is 19.6. The molecule has 9 heteroatoms. The standard InChI is InChI=1S/C24H30N4O4S/c1-17(29)26-11-9-20(10-12-26)27-14-18-13-19(16-27)24-22(7-8-23(30)28(24)15-18)25-33(31,32)21-5-3-2-4-6-21/h2-8,18-20,25H,9-16H2,1H3/t18-,19+/m0/s1. The van der Waals surface area contributed by atoms with Gasteiger partial charge in [0.2, 0.25) is 5.91 Å². The zero-order valence-electron chi connectivity index (χ0n) is 18.8. The van der Waals surface area contributed by atoms with Crippen LogP contribution < -0.4 is 10.3 Å². The van der Waals surface area contributed by atoms with Crippen molar-refractivity contribution in [3.05, 3.63) is 58.5 Å². The van der Waals surface area contributed by atoms with Gasteiger partial charge in [0.25, 0.3) is 15.6 Å². The largest absolute Gasteiger partial charge is 0.343 e. The summed E-state index contributed by atoms with van der Waals surface area (Å²) in [7, 11) is -3.75. The molecular weight excluding hydrogens is 440 g/mol. The van der Waals surface area contributed by atoms with Gasteiger partial charge in [0, 0.05) is 63.4 Å². The van der Waals surface area contributed by atoms with E-state index in [4.69, 9.17) is 0 Å². The molecular formula is C24H30N4O4S. The van der Waals surface area contributed by atoms with Gasteiger partial charge < -0.3 is 9.47 Å². The summed E-state index contributed by atoms with van der Waals surface area (Å²) in [6.45, 7) is 5.53. The van der Waals surface area contributed by atoms with E-state index in [0.717, 1.165) is 51.1 Å². The lowest BCUT2D eigenvalue weighted by Crippen LogP contribution is -2.53. The number of carbonyl (C=O) groups is 1. The Morgan fingerprint density at radius 2 is 1.73 bits per heavy atom. The number of rotatable bonds is 4. The highest BCUT2D eigenvalue weighted by Gasteiger charge is 2.39. The van der Waals surface area contributed by atoms with Gasteiger partial charge in [-0.3, -0.25) is 19.2 Å². The molecule has 3 aliphatic rings. The molecule has 176 valence electrons. The zero-order chi connectivity index (χ0) is 23.2. The molecule has 0 aliphatic carbocycles. The Kier molecular flexibility index (Phi) is 5.78. The number of carbonyl (C=O) groups excluding carboxylic acids is 1. The van der Waals surface area contributed by atoms with E-state index in [-0.39, 0.29) is 22.3 Å². The predicted molar refractivity (Wildman–Crippen MR) is 126 cm³/mol. The molecule has 2 aromatic rings. The number of amides is 1. The fourth-order valence-corrected chi connectivity index (χ4v) is 6.88. The van der Waals surface area contributed by atoms with Crippen molar-refractivity contribution in [3.63, 3.8) is 0 Å². The molecule has 1 N–H and O–H groups in total. The van der Waals surface area contributed by atoms with Crippen molar-refractivity contribution >= 4 is 21.6 Å². The van der Waals surface area contributed by atoms with E-state index in [2.05, 4.69) is 9.62 Å². The average molecular weight is 471 g/mol. The lowest BCUT2D eigenvalue weighted by atomic mass is 9.81. The van der Waals surface area contributed by atoms with Crippen molar-refractivity contribution < 1.29 is 13.2 Å². The number of piperidine rings is 2. The fourth-order valence-electron chi connectivity index (χ4n) is 5.79. The molecule has 0 spiro atoms. The highest BCUT2D eigenvalue weighted by molar-refractivity contribution is 7.92. The second kappa shape index (κ2) is 8.61. The third-order valence-corrected chi connectivity index (χ3v) is 8.72. The molecule has 1 aromatic carbocycles. The maximum atomic E-state index is 13.0. The first kappa shape index (κ1) is 22.2. The van der Waals surface area contributed by atoms with Crippen molar-refractivity contribution in [2.24, 2.45) is 5.92 Å². The van der Waals surface area contributed by atoms with Gasteiger partial charge in [-0.05, 0) is 43.4 Å². The van der Waals surface area contributed by atoms with E-state index in [1.165, 1.54) is 6.07 Å². The van der Waals surface area contributed by atoms with E-state index in [9.17, 15) is 18.0 Å². The third-order valence-electron chi connectivity index (χ3n) is 7.34. The van der Waals surface area contributed by atoms with Gasteiger partial charge in [0.15, 0.2) is 0 Å². The molecule has 2 saturated heterocycles. The molecule has 1 amide bonds. The summed E-state index contributed by atoms with van der Waals surface area (Å²) in [6, 6.07) is 11.8. The summed E-state index contributed by atoms with van der Waals surface area (Å²) >= 11 is 0. The Morgan fingerprint density at radius 3 is 2.42 bits per heavy atom. The van der Waals surface area contributed by atoms with Crippen molar-refractivity contribution in [1.29, 1.82) is 0 Å². The smallest absolute Gasteiger partial charge is 0.261 e. The van der Waals surface area contributed by atoms with E-state index >= 15 is 0 Å². The van der Waals surface area contributed by atoms with Crippen LogP contribution in [-0.4, -0.2) is 60.9 Å². The minimum absolute atomic E-state index is 0.0782. The van der Waals surface area contributed by atoms with Crippen molar-refractivity contribution in [2.75, 3.05) is 30.9 Å². The maximum Gasteiger partial charge on any atom is 0.261 e. The molecule has 0 unspecified atom stereocenters. The van der Waals surface area contributed by atoms with Crippen LogP contribution in [0.15, 0.2) is 52.2 Å². The van der Waals surface area contributed by atoms with E-state index in [0.29, 0.717) is 24.2 Å². The van der Waals surface area contributed by atoms with Crippen LogP contribution in [0.3, 0.4) is 0 Å². The van der Waals surface area contributed by atoms with Crippen LogP contribution in [0.2, 0.25) is 0 Å². The topological polar surface area (TPSA) is 91.7 Å². The SMILES string of the molecule is CC(=O)N1CCC(N2C[C@@H]3C[C@H](C2)c2c(NS(=O)(=O)c4ccccc4)ccc(=O)n2C3)CC1. The molecule has 2 fully saturated rings. The van der Waals surface area contributed by atoms with Gasteiger partial charge in [0.05, 0.1) is 10.6 Å². The fraction of sp³-hybridized carbons (Fsp3) is 0.500. The van der Waals surface area contributed by atoms with Crippen LogP contribution in [0.1, 0.15) is 37.8 Å². The number of likely N-dealkylation sites (tertiary alicyclic amines) is 2. The highest BCUT2D eigenvalue weighted by atomic mass is 32.2. The maximum absolute atomic E-state index is 13.0. The van der Waals surface area contributed by atoms with Crippen molar-refractivity contribution in [1.82, 2.24) is 14.4 Å².